The van der Waals surface area contributed by atoms with Crippen LogP contribution >= 0.6 is 0 Å². The minimum atomic E-state index is -0.152. The van der Waals surface area contributed by atoms with E-state index in [4.69, 9.17) is 9.47 Å². The van der Waals surface area contributed by atoms with Crippen LogP contribution in [0.2, 0.25) is 0 Å². The molecule has 33 heavy (non-hydrogen) atoms. The Hall–Kier alpha value is -4.34. The normalized spacial score (nSPS) is 14.8. The van der Waals surface area contributed by atoms with E-state index in [0.717, 1.165) is 27.7 Å². The lowest BCUT2D eigenvalue weighted by molar-refractivity contribution is 0.231. The van der Waals surface area contributed by atoms with Crippen molar-refractivity contribution in [3.8, 4) is 22.9 Å². The molecule has 166 valence electrons. The monoisotopic (exact) mass is 443 g/mol. The number of H-pyrrole nitrogens is 1. The fourth-order valence-corrected chi connectivity index (χ4v) is 4.09. The standard InChI is InChI=1S/C23H21N7O3/c1-28-8-9-30-20(22(28)31)15-5-7-19-16-12-14(4-6-18(16)25-26-19)17-13-24-29(2)23(17)33-11-3-10-32-21(15)27-30/h4-9,12-13H,3,10-11H2,1-2H3,(H,25,26)/b7-5+. The predicted octanol–water partition coefficient (Wildman–Crippen LogP) is 2.64. The number of ether oxygens (including phenoxy) is 2. The average molecular weight is 443 g/mol. The average Bonchev–Trinajstić information content (AvgIpc) is 3.49. The number of aromatic nitrogens is 7. The van der Waals surface area contributed by atoms with Crippen LogP contribution in [0.15, 0.2) is 41.6 Å². The van der Waals surface area contributed by atoms with Gasteiger partial charge >= 0.3 is 0 Å². The molecule has 0 atom stereocenters. The Labute approximate surface area is 187 Å². The Balaban J connectivity index is 1.55. The zero-order valence-corrected chi connectivity index (χ0v) is 18.1. The van der Waals surface area contributed by atoms with Gasteiger partial charge in [0.15, 0.2) is 0 Å². The number of nitrogens with one attached hydrogen (secondary N) is 1. The van der Waals surface area contributed by atoms with Crippen LogP contribution in [0.3, 0.4) is 0 Å². The summed E-state index contributed by atoms with van der Waals surface area (Å²) < 4.78 is 16.9. The van der Waals surface area contributed by atoms with Gasteiger partial charge in [0.2, 0.25) is 11.8 Å². The molecular formula is C23H21N7O3. The Bertz CT molecular complexity index is 1600. The molecule has 0 unspecified atom stereocenters. The number of benzene rings is 1. The number of hydrogen-bond donors (Lipinski definition) is 1. The number of nitrogens with zero attached hydrogens (tertiary/aromatic N) is 6. The van der Waals surface area contributed by atoms with Crippen LogP contribution in [-0.2, 0) is 14.1 Å². The third-order valence-electron chi connectivity index (χ3n) is 5.83. The van der Waals surface area contributed by atoms with Crippen molar-refractivity contribution in [2.75, 3.05) is 13.2 Å². The van der Waals surface area contributed by atoms with Crippen LogP contribution < -0.4 is 15.0 Å². The lowest BCUT2D eigenvalue weighted by Crippen LogP contribution is -2.18. The molecule has 0 spiro atoms. The summed E-state index contributed by atoms with van der Waals surface area (Å²) in [6, 6.07) is 6.04. The van der Waals surface area contributed by atoms with Gasteiger partial charge in [0, 0.05) is 38.3 Å². The van der Waals surface area contributed by atoms with Gasteiger partial charge in [-0.1, -0.05) is 6.07 Å². The summed E-state index contributed by atoms with van der Waals surface area (Å²) in [5, 5.41) is 17.3. The first-order valence-corrected chi connectivity index (χ1v) is 10.6. The van der Waals surface area contributed by atoms with Gasteiger partial charge in [-0.3, -0.25) is 9.89 Å². The van der Waals surface area contributed by atoms with Crippen molar-refractivity contribution < 1.29 is 9.47 Å². The summed E-state index contributed by atoms with van der Waals surface area (Å²) >= 11 is 0. The molecule has 5 aromatic rings. The van der Waals surface area contributed by atoms with E-state index in [0.29, 0.717) is 42.5 Å². The summed E-state index contributed by atoms with van der Waals surface area (Å²) in [6.45, 7) is 0.840. The van der Waals surface area contributed by atoms with E-state index < -0.39 is 0 Å². The topological polar surface area (TPSA) is 104 Å². The molecule has 1 N–H and O–H groups in total. The van der Waals surface area contributed by atoms with Gasteiger partial charge < -0.3 is 14.0 Å². The fraction of sp³-hybridized carbons (Fsp3) is 0.217. The molecule has 1 aliphatic rings. The van der Waals surface area contributed by atoms with Crippen LogP contribution in [0.1, 0.15) is 17.7 Å². The Morgan fingerprint density at radius 1 is 1.09 bits per heavy atom. The third-order valence-corrected chi connectivity index (χ3v) is 5.83. The van der Waals surface area contributed by atoms with Crippen LogP contribution in [0, 0.1) is 0 Å². The summed E-state index contributed by atoms with van der Waals surface area (Å²) in [4.78, 5) is 12.9. The van der Waals surface area contributed by atoms with Crippen molar-refractivity contribution in [1.82, 2.24) is 34.2 Å². The molecule has 5 heterocycles. The first-order valence-electron chi connectivity index (χ1n) is 10.6. The van der Waals surface area contributed by atoms with Crippen LogP contribution in [0.5, 0.6) is 11.8 Å². The number of hydrogen-bond acceptors (Lipinski definition) is 6. The SMILES string of the molecule is Cn1ncc2c1OCCCOc1nn3ccn(C)c(=O)c3c1/C=C/c1[nH]nc3ccc-2cc13. The molecule has 0 saturated heterocycles. The molecule has 0 fully saturated rings. The lowest BCUT2D eigenvalue weighted by atomic mass is 10.1. The molecule has 0 aliphatic carbocycles. The minimum absolute atomic E-state index is 0.152. The van der Waals surface area contributed by atoms with E-state index in [-0.39, 0.29) is 5.56 Å². The Kier molecular flexibility index (Phi) is 4.32. The number of aromatic amines is 1. The van der Waals surface area contributed by atoms with Crippen LogP contribution in [0.4, 0.5) is 0 Å². The number of fused-ring (bicyclic) bond motifs is 6. The van der Waals surface area contributed by atoms with Crippen molar-refractivity contribution in [1.29, 1.82) is 0 Å². The van der Waals surface area contributed by atoms with E-state index in [1.807, 2.05) is 31.3 Å². The quantitative estimate of drug-likeness (QED) is 0.395. The molecule has 2 bridgehead atoms. The molecule has 6 rings (SSSR count). The second-order valence-corrected chi connectivity index (χ2v) is 7.97. The third kappa shape index (κ3) is 3.10. The van der Waals surface area contributed by atoms with Gasteiger partial charge in [0.1, 0.15) is 5.52 Å². The molecule has 0 saturated carbocycles. The second kappa shape index (κ2) is 7.37. The number of rotatable bonds is 0. The highest BCUT2D eigenvalue weighted by molar-refractivity contribution is 5.94. The highest BCUT2D eigenvalue weighted by atomic mass is 16.5. The molecule has 0 amide bonds. The maximum absolute atomic E-state index is 12.9. The molecule has 1 aromatic carbocycles. The highest BCUT2D eigenvalue weighted by Crippen LogP contribution is 2.33. The van der Waals surface area contributed by atoms with Crippen molar-refractivity contribution in [3.63, 3.8) is 0 Å². The maximum atomic E-state index is 12.9. The van der Waals surface area contributed by atoms with Crippen molar-refractivity contribution in [2.24, 2.45) is 14.1 Å². The maximum Gasteiger partial charge on any atom is 0.277 e. The van der Waals surface area contributed by atoms with Gasteiger partial charge in [-0.15, -0.1) is 5.10 Å². The fourth-order valence-electron chi connectivity index (χ4n) is 4.09. The van der Waals surface area contributed by atoms with Crippen molar-refractivity contribution >= 4 is 28.6 Å². The van der Waals surface area contributed by atoms with Gasteiger partial charge in [0.25, 0.3) is 5.56 Å². The summed E-state index contributed by atoms with van der Waals surface area (Å²) in [5.41, 5.74) is 4.47. The number of aryl methyl sites for hydroxylation is 2. The van der Waals surface area contributed by atoms with Gasteiger partial charge in [-0.05, 0) is 29.8 Å². The van der Waals surface area contributed by atoms with Gasteiger partial charge in [-0.2, -0.15) is 10.2 Å². The largest absolute Gasteiger partial charge is 0.477 e. The minimum Gasteiger partial charge on any atom is -0.477 e. The Morgan fingerprint density at radius 3 is 2.88 bits per heavy atom. The lowest BCUT2D eigenvalue weighted by Gasteiger charge is -2.09. The highest BCUT2D eigenvalue weighted by Gasteiger charge is 2.18. The van der Waals surface area contributed by atoms with Crippen molar-refractivity contribution in [2.45, 2.75) is 6.42 Å². The van der Waals surface area contributed by atoms with E-state index in [1.165, 1.54) is 4.57 Å². The zero-order chi connectivity index (χ0) is 22.5. The molecule has 1 aliphatic heterocycles. The molecule has 4 aromatic heterocycles. The van der Waals surface area contributed by atoms with Gasteiger partial charge in [0.05, 0.1) is 41.7 Å². The summed E-state index contributed by atoms with van der Waals surface area (Å²) in [5.74, 6) is 1.09. The van der Waals surface area contributed by atoms with E-state index in [1.54, 1.807) is 34.8 Å². The smallest absolute Gasteiger partial charge is 0.277 e. The van der Waals surface area contributed by atoms with Gasteiger partial charge in [-0.25, -0.2) is 9.20 Å². The molecule has 10 heteroatoms. The van der Waals surface area contributed by atoms with E-state index in [2.05, 4.69) is 26.5 Å². The molecular weight excluding hydrogens is 422 g/mol. The first-order chi connectivity index (χ1) is 16.1. The van der Waals surface area contributed by atoms with Crippen LogP contribution in [0.25, 0.3) is 39.7 Å². The van der Waals surface area contributed by atoms with Crippen molar-refractivity contribution in [3.05, 3.63) is 58.4 Å². The summed E-state index contributed by atoms with van der Waals surface area (Å²) in [6.07, 6.45) is 9.61. The Morgan fingerprint density at radius 2 is 1.97 bits per heavy atom. The van der Waals surface area contributed by atoms with E-state index >= 15 is 0 Å². The van der Waals surface area contributed by atoms with E-state index in [9.17, 15) is 4.79 Å². The summed E-state index contributed by atoms with van der Waals surface area (Å²) in [7, 11) is 3.57. The zero-order valence-electron chi connectivity index (χ0n) is 18.1. The molecule has 10 nitrogen and oxygen atoms in total. The van der Waals surface area contributed by atoms with Crippen LogP contribution in [-0.4, -0.2) is 47.4 Å². The predicted molar refractivity (Wildman–Crippen MR) is 123 cm³/mol. The molecule has 0 radical (unpaired) electrons. The second-order valence-electron chi connectivity index (χ2n) is 7.97. The first kappa shape index (κ1) is 19.4.